The molecule has 0 aromatic heterocycles. The van der Waals surface area contributed by atoms with Crippen molar-refractivity contribution >= 4 is 5.78 Å². The molecule has 0 aliphatic rings. The third-order valence-corrected chi connectivity index (χ3v) is 2.80. The number of benzene rings is 1. The van der Waals surface area contributed by atoms with Crippen LogP contribution in [0.2, 0.25) is 0 Å². The molecule has 0 N–H and O–H groups in total. The van der Waals surface area contributed by atoms with Crippen molar-refractivity contribution in [2.45, 2.75) is 20.8 Å². The number of carbonyl (C=O) groups excluding carboxylic acids is 1. The van der Waals surface area contributed by atoms with Crippen molar-refractivity contribution in [1.82, 2.24) is 0 Å². The molecule has 0 radical (unpaired) electrons. The maximum absolute atomic E-state index is 11.1. The van der Waals surface area contributed by atoms with Gasteiger partial charge in [-0.15, -0.1) is 0 Å². The van der Waals surface area contributed by atoms with E-state index in [0.717, 1.165) is 12.2 Å². The van der Waals surface area contributed by atoms with Crippen molar-refractivity contribution < 1.29 is 23.7 Å². The summed E-state index contributed by atoms with van der Waals surface area (Å²) in [6, 6.07) is 7.07. The Morgan fingerprint density at radius 3 is 2.22 bits per heavy atom. The van der Waals surface area contributed by atoms with Crippen molar-refractivity contribution in [1.29, 1.82) is 0 Å². The molecule has 0 saturated carbocycles. The lowest BCUT2D eigenvalue weighted by Gasteiger charge is -2.08. The molecule has 1 aromatic rings. The fourth-order valence-electron chi connectivity index (χ4n) is 1.65. The van der Waals surface area contributed by atoms with Gasteiger partial charge in [-0.25, -0.2) is 0 Å². The first-order valence-electron chi connectivity index (χ1n) is 7.36. The number of Topliss-reactive ketones (excluding diaryl/α,β-unsaturated/α-hetero) is 1. The van der Waals surface area contributed by atoms with E-state index in [9.17, 15) is 4.79 Å². The van der Waals surface area contributed by atoms with Gasteiger partial charge in [-0.1, -0.05) is 14.0 Å². The van der Waals surface area contributed by atoms with Crippen molar-refractivity contribution in [3.63, 3.8) is 0 Å². The van der Waals surface area contributed by atoms with Crippen LogP contribution in [-0.4, -0.2) is 45.4 Å². The first-order chi connectivity index (χ1) is 10.7. The minimum Gasteiger partial charge on any atom is -0.502 e. The van der Waals surface area contributed by atoms with Gasteiger partial charge in [0, 0.05) is 18.6 Å². The molecule has 0 heterocycles. The molecule has 0 fully saturated rings. The first kappa shape index (κ1) is 21.1. The Kier molecular flexibility index (Phi) is 12.7. The maximum Gasteiger partial charge on any atom is 0.159 e. The summed E-state index contributed by atoms with van der Waals surface area (Å²) >= 11 is 0. The predicted octanol–water partition coefficient (Wildman–Crippen LogP) is 3.49. The van der Waals surface area contributed by atoms with E-state index >= 15 is 0 Å². The molecule has 0 saturated heterocycles. The molecular weight excluding hydrogens is 296 g/mol. The van der Waals surface area contributed by atoms with Gasteiger partial charge in [0.25, 0.3) is 0 Å². The molecule has 0 amide bonds. The molecule has 1 rings (SSSR count). The van der Waals surface area contributed by atoms with Crippen LogP contribution in [0.4, 0.5) is 0 Å². The van der Waals surface area contributed by atoms with Crippen LogP contribution in [0.1, 0.15) is 31.1 Å². The lowest BCUT2D eigenvalue weighted by atomic mass is 10.1. The second-order valence-corrected chi connectivity index (χ2v) is 4.54. The Labute approximate surface area is 139 Å². The SMILES string of the molecule is C.C=COCCCOCCOCCOc1ccc(C(C)=O)cc1. The summed E-state index contributed by atoms with van der Waals surface area (Å²) < 4.78 is 21.2. The van der Waals surface area contributed by atoms with Crippen LogP contribution in [0.25, 0.3) is 0 Å². The molecule has 0 atom stereocenters. The number of ketones is 1. The summed E-state index contributed by atoms with van der Waals surface area (Å²) in [7, 11) is 0. The van der Waals surface area contributed by atoms with Gasteiger partial charge in [0.1, 0.15) is 12.4 Å². The van der Waals surface area contributed by atoms with Gasteiger partial charge in [-0.05, 0) is 31.2 Å². The number of carbonyl (C=O) groups is 1. The van der Waals surface area contributed by atoms with Crippen LogP contribution in [0.5, 0.6) is 5.75 Å². The molecule has 1 aromatic carbocycles. The van der Waals surface area contributed by atoms with Gasteiger partial charge < -0.3 is 18.9 Å². The fourth-order valence-corrected chi connectivity index (χ4v) is 1.65. The van der Waals surface area contributed by atoms with E-state index in [1.165, 1.54) is 13.2 Å². The zero-order chi connectivity index (χ0) is 16.0. The molecule has 5 heteroatoms. The van der Waals surface area contributed by atoms with Crippen molar-refractivity contribution in [3.8, 4) is 5.75 Å². The quantitative estimate of drug-likeness (QED) is 0.316. The number of hydrogen-bond donors (Lipinski definition) is 0. The largest absolute Gasteiger partial charge is 0.502 e. The van der Waals surface area contributed by atoms with Crippen LogP contribution in [0.15, 0.2) is 37.1 Å². The highest BCUT2D eigenvalue weighted by Crippen LogP contribution is 2.12. The Morgan fingerprint density at radius 2 is 1.61 bits per heavy atom. The number of ether oxygens (including phenoxy) is 4. The van der Waals surface area contributed by atoms with Gasteiger partial charge in [0.05, 0.1) is 32.7 Å². The highest BCUT2D eigenvalue weighted by Gasteiger charge is 1.99. The molecule has 130 valence electrons. The van der Waals surface area contributed by atoms with Crippen molar-refractivity contribution in [2.24, 2.45) is 0 Å². The lowest BCUT2D eigenvalue weighted by Crippen LogP contribution is -2.11. The Balaban J connectivity index is 0.00000484. The van der Waals surface area contributed by atoms with E-state index in [-0.39, 0.29) is 13.2 Å². The van der Waals surface area contributed by atoms with Crippen LogP contribution in [0.3, 0.4) is 0 Å². The van der Waals surface area contributed by atoms with Gasteiger partial charge in [0.15, 0.2) is 5.78 Å². The number of rotatable bonds is 13. The standard InChI is InChI=1S/C17H24O5.CH4/c1-3-19-9-4-10-20-11-12-21-13-14-22-17-7-5-16(6-8-17)15(2)18;/h3,5-8H,1,4,9-14H2,2H3;1H4. The number of hydrogen-bond acceptors (Lipinski definition) is 5. The molecule has 0 bridgehead atoms. The van der Waals surface area contributed by atoms with E-state index in [1.807, 2.05) is 0 Å². The predicted molar refractivity (Wildman–Crippen MR) is 91.1 cm³/mol. The molecule has 5 nitrogen and oxygen atoms in total. The summed E-state index contributed by atoms with van der Waals surface area (Å²) in [6.07, 6.45) is 2.27. The van der Waals surface area contributed by atoms with E-state index in [0.29, 0.717) is 45.2 Å². The molecular formula is C18H28O5. The molecule has 0 aliphatic heterocycles. The Hall–Kier alpha value is -1.85. The molecule has 0 unspecified atom stereocenters. The topological polar surface area (TPSA) is 54.0 Å². The van der Waals surface area contributed by atoms with Gasteiger partial charge in [-0.3, -0.25) is 4.79 Å². The highest BCUT2D eigenvalue weighted by atomic mass is 16.5. The monoisotopic (exact) mass is 324 g/mol. The summed E-state index contributed by atoms with van der Waals surface area (Å²) in [4.78, 5) is 11.1. The normalized spacial score (nSPS) is 9.78. The third-order valence-electron chi connectivity index (χ3n) is 2.80. The molecule has 23 heavy (non-hydrogen) atoms. The van der Waals surface area contributed by atoms with Gasteiger partial charge in [-0.2, -0.15) is 0 Å². The lowest BCUT2D eigenvalue weighted by molar-refractivity contribution is 0.0318. The van der Waals surface area contributed by atoms with Crippen LogP contribution < -0.4 is 4.74 Å². The minimum atomic E-state index is 0. The smallest absolute Gasteiger partial charge is 0.159 e. The summed E-state index contributed by atoms with van der Waals surface area (Å²) in [5.41, 5.74) is 0.680. The van der Waals surface area contributed by atoms with Crippen molar-refractivity contribution in [3.05, 3.63) is 42.7 Å². The molecule has 0 aliphatic carbocycles. The van der Waals surface area contributed by atoms with Crippen LogP contribution in [-0.2, 0) is 14.2 Å². The van der Waals surface area contributed by atoms with E-state index < -0.39 is 0 Å². The van der Waals surface area contributed by atoms with Crippen molar-refractivity contribution in [2.75, 3.05) is 39.6 Å². The zero-order valence-corrected chi connectivity index (χ0v) is 13.1. The van der Waals surface area contributed by atoms with Gasteiger partial charge in [0.2, 0.25) is 0 Å². The second kappa shape index (κ2) is 13.8. The average Bonchev–Trinajstić information content (AvgIpc) is 2.53. The maximum atomic E-state index is 11.1. The summed E-state index contributed by atoms with van der Waals surface area (Å²) in [5, 5.41) is 0. The van der Waals surface area contributed by atoms with Crippen LogP contribution >= 0.6 is 0 Å². The zero-order valence-electron chi connectivity index (χ0n) is 13.1. The summed E-state index contributed by atoms with van der Waals surface area (Å²) in [5.74, 6) is 0.776. The van der Waals surface area contributed by atoms with Gasteiger partial charge >= 0.3 is 0 Å². The highest BCUT2D eigenvalue weighted by molar-refractivity contribution is 5.94. The molecule has 0 spiro atoms. The fraction of sp³-hybridized carbons (Fsp3) is 0.500. The van der Waals surface area contributed by atoms with E-state index in [1.54, 1.807) is 24.3 Å². The average molecular weight is 324 g/mol. The Bertz CT molecular complexity index is 428. The third kappa shape index (κ3) is 10.5. The minimum absolute atomic E-state index is 0. The second-order valence-electron chi connectivity index (χ2n) is 4.54. The summed E-state index contributed by atoms with van der Waals surface area (Å²) in [6.45, 7) is 8.33. The van der Waals surface area contributed by atoms with Crippen LogP contribution in [0, 0.1) is 0 Å². The Morgan fingerprint density at radius 1 is 1.00 bits per heavy atom. The van der Waals surface area contributed by atoms with E-state index in [4.69, 9.17) is 18.9 Å². The first-order valence-corrected chi connectivity index (χ1v) is 7.36. The van der Waals surface area contributed by atoms with E-state index in [2.05, 4.69) is 6.58 Å².